The molecule has 3 nitrogen and oxygen atoms in total. The normalized spacial score (nSPS) is 10.4. The van der Waals surface area contributed by atoms with Crippen LogP contribution in [0, 0.1) is 0 Å². The van der Waals surface area contributed by atoms with E-state index in [9.17, 15) is 0 Å². The smallest absolute Gasteiger partial charge is 0.153 e. The Morgan fingerprint density at radius 1 is 0.947 bits per heavy atom. The summed E-state index contributed by atoms with van der Waals surface area (Å²) in [6, 6.07) is 17.3. The predicted octanol–water partition coefficient (Wildman–Crippen LogP) is 4.32. The largest absolute Gasteiger partial charge is 0.455 e. The lowest BCUT2D eigenvalue weighted by Crippen LogP contribution is -1.97. The topological polar surface area (TPSA) is 27.1 Å². The van der Waals surface area contributed by atoms with Gasteiger partial charge in [0.2, 0.25) is 0 Å². The van der Waals surface area contributed by atoms with E-state index in [2.05, 4.69) is 5.10 Å². The first-order valence-corrected chi connectivity index (χ1v) is 6.23. The van der Waals surface area contributed by atoms with Crippen molar-refractivity contribution in [2.75, 3.05) is 0 Å². The molecule has 4 heteroatoms. The fourth-order valence-corrected chi connectivity index (χ4v) is 1.92. The molecule has 0 aliphatic rings. The van der Waals surface area contributed by atoms with E-state index >= 15 is 0 Å². The Hall–Kier alpha value is -2.26. The molecule has 0 radical (unpaired) electrons. The van der Waals surface area contributed by atoms with Crippen LogP contribution in [0.25, 0.3) is 5.69 Å². The molecule has 0 aliphatic heterocycles. The van der Waals surface area contributed by atoms with Crippen molar-refractivity contribution in [2.45, 2.75) is 0 Å². The van der Waals surface area contributed by atoms with Crippen LogP contribution in [0.4, 0.5) is 0 Å². The van der Waals surface area contributed by atoms with Gasteiger partial charge in [0.05, 0.1) is 11.2 Å². The molecule has 94 valence electrons. The molecule has 0 N–H and O–H groups in total. The minimum absolute atomic E-state index is 0.592. The van der Waals surface area contributed by atoms with Gasteiger partial charge in [0.15, 0.2) is 5.75 Å². The highest BCUT2D eigenvalue weighted by atomic mass is 35.5. The molecule has 0 unspecified atom stereocenters. The summed E-state index contributed by atoms with van der Waals surface area (Å²) < 4.78 is 7.56. The molecule has 3 rings (SSSR count). The van der Waals surface area contributed by atoms with Crippen molar-refractivity contribution in [3.05, 3.63) is 72.0 Å². The van der Waals surface area contributed by atoms with Gasteiger partial charge in [-0.05, 0) is 24.3 Å². The van der Waals surface area contributed by atoms with E-state index in [1.165, 1.54) is 0 Å². The van der Waals surface area contributed by atoms with Gasteiger partial charge in [-0.25, -0.2) is 4.68 Å². The summed E-state index contributed by atoms with van der Waals surface area (Å²) in [6.45, 7) is 0. The predicted molar refractivity (Wildman–Crippen MR) is 75.1 cm³/mol. The van der Waals surface area contributed by atoms with E-state index in [0.717, 1.165) is 17.2 Å². The minimum atomic E-state index is 0.592. The number of para-hydroxylation sites is 3. The Morgan fingerprint density at radius 2 is 1.68 bits per heavy atom. The van der Waals surface area contributed by atoms with Gasteiger partial charge in [-0.3, -0.25) is 0 Å². The van der Waals surface area contributed by atoms with Gasteiger partial charge in [0, 0.05) is 6.20 Å². The van der Waals surface area contributed by atoms with Crippen molar-refractivity contribution < 1.29 is 4.74 Å². The maximum Gasteiger partial charge on any atom is 0.153 e. The molecule has 1 aromatic heterocycles. The van der Waals surface area contributed by atoms with Crippen molar-refractivity contribution in [1.29, 1.82) is 0 Å². The second-order valence-electron chi connectivity index (χ2n) is 3.99. The van der Waals surface area contributed by atoms with Gasteiger partial charge in [-0.1, -0.05) is 41.9 Å². The van der Waals surface area contributed by atoms with E-state index in [0.29, 0.717) is 5.02 Å². The highest BCUT2D eigenvalue weighted by Gasteiger charge is 2.07. The molecule has 0 saturated heterocycles. The minimum Gasteiger partial charge on any atom is -0.455 e. The van der Waals surface area contributed by atoms with Crippen LogP contribution in [0.3, 0.4) is 0 Å². The van der Waals surface area contributed by atoms with Crippen LogP contribution in [-0.4, -0.2) is 9.78 Å². The molecule has 0 spiro atoms. The van der Waals surface area contributed by atoms with Crippen molar-refractivity contribution in [1.82, 2.24) is 9.78 Å². The van der Waals surface area contributed by atoms with Gasteiger partial charge in [0.1, 0.15) is 11.4 Å². The molecule has 0 bridgehead atoms. The summed E-state index contributed by atoms with van der Waals surface area (Å²) in [5.74, 6) is 1.52. The Bertz CT molecular complexity index is 679. The van der Waals surface area contributed by atoms with Crippen LogP contribution in [-0.2, 0) is 0 Å². The fourth-order valence-electron chi connectivity index (χ4n) is 1.78. The molecular formula is C15H11ClN2O. The zero-order chi connectivity index (χ0) is 13.1. The second kappa shape index (κ2) is 5.16. The monoisotopic (exact) mass is 270 g/mol. The van der Waals surface area contributed by atoms with Gasteiger partial charge >= 0.3 is 0 Å². The summed E-state index contributed by atoms with van der Waals surface area (Å²) in [6.07, 6.45) is 3.34. The number of aromatic nitrogens is 2. The molecule has 19 heavy (non-hydrogen) atoms. The number of hydrogen-bond donors (Lipinski definition) is 0. The third-order valence-electron chi connectivity index (χ3n) is 2.63. The summed E-state index contributed by atoms with van der Waals surface area (Å²) >= 11 is 5.90. The lowest BCUT2D eigenvalue weighted by Gasteiger charge is -2.10. The molecule has 3 aromatic rings. The van der Waals surface area contributed by atoms with Crippen LogP contribution in [0.2, 0.25) is 5.02 Å². The lowest BCUT2D eigenvalue weighted by atomic mass is 10.3. The number of ether oxygens (including phenoxy) is 1. The molecule has 0 amide bonds. The zero-order valence-electron chi connectivity index (χ0n) is 10.0. The van der Waals surface area contributed by atoms with Gasteiger partial charge in [-0.15, -0.1) is 0 Å². The molecule has 0 fully saturated rings. The van der Waals surface area contributed by atoms with E-state index in [4.69, 9.17) is 16.3 Å². The maximum atomic E-state index is 5.90. The molecule has 1 heterocycles. The second-order valence-corrected chi connectivity index (χ2v) is 4.42. The third kappa shape index (κ3) is 2.61. The number of hydrogen-bond acceptors (Lipinski definition) is 2. The van der Waals surface area contributed by atoms with Crippen LogP contribution >= 0.6 is 11.6 Å². The van der Waals surface area contributed by atoms with Crippen LogP contribution in [0.15, 0.2) is 67.0 Å². The molecule has 2 aromatic carbocycles. The lowest BCUT2D eigenvalue weighted by molar-refractivity contribution is 0.478. The number of rotatable bonds is 3. The SMILES string of the molecule is Clc1cnn(-c2ccccc2Oc2ccccc2)c1. The Balaban J connectivity index is 1.98. The van der Waals surface area contributed by atoms with E-state index in [1.807, 2.05) is 54.6 Å². The van der Waals surface area contributed by atoms with Gasteiger partial charge in [0.25, 0.3) is 0 Å². The van der Waals surface area contributed by atoms with Crippen molar-refractivity contribution in [3.8, 4) is 17.2 Å². The van der Waals surface area contributed by atoms with Gasteiger partial charge < -0.3 is 4.74 Å². The molecule has 0 aliphatic carbocycles. The number of benzene rings is 2. The first-order valence-electron chi connectivity index (χ1n) is 5.85. The average Bonchev–Trinajstić information content (AvgIpc) is 2.87. The standard InChI is InChI=1S/C15H11ClN2O/c16-12-10-17-18(11-12)14-8-4-5-9-15(14)19-13-6-2-1-3-7-13/h1-11H. The molecular weight excluding hydrogens is 260 g/mol. The van der Waals surface area contributed by atoms with Crippen LogP contribution in [0.1, 0.15) is 0 Å². The summed E-state index contributed by atoms with van der Waals surface area (Å²) in [5.41, 5.74) is 0.846. The quantitative estimate of drug-likeness (QED) is 0.709. The van der Waals surface area contributed by atoms with E-state index < -0.39 is 0 Å². The summed E-state index contributed by atoms with van der Waals surface area (Å²) in [7, 11) is 0. The summed E-state index contributed by atoms with van der Waals surface area (Å²) in [5, 5.41) is 4.79. The highest BCUT2D eigenvalue weighted by molar-refractivity contribution is 6.30. The first-order chi connectivity index (χ1) is 9.33. The first kappa shape index (κ1) is 11.8. The maximum absolute atomic E-state index is 5.90. The van der Waals surface area contributed by atoms with Crippen LogP contribution in [0.5, 0.6) is 11.5 Å². The van der Waals surface area contributed by atoms with Crippen molar-refractivity contribution in [3.63, 3.8) is 0 Å². The third-order valence-corrected chi connectivity index (χ3v) is 2.83. The Morgan fingerprint density at radius 3 is 2.42 bits per heavy atom. The highest BCUT2D eigenvalue weighted by Crippen LogP contribution is 2.28. The Kier molecular flexibility index (Phi) is 3.21. The molecule has 0 atom stereocenters. The fraction of sp³-hybridized carbons (Fsp3) is 0. The van der Waals surface area contributed by atoms with Crippen molar-refractivity contribution in [2.24, 2.45) is 0 Å². The number of halogens is 1. The van der Waals surface area contributed by atoms with E-state index in [1.54, 1.807) is 17.1 Å². The zero-order valence-corrected chi connectivity index (χ0v) is 10.8. The average molecular weight is 271 g/mol. The number of nitrogens with zero attached hydrogens (tertiary/aromatic N) is 2. The molecule has 0 saturated carbocycles. The van der Waals surface area contributed by atoms with Crippen molar-refractivity contribution >= 4 is 11.6 Å². The van der Waals surface area contributed by atoms with Gasteiger partial charge in [-0.2, -0.15) is 5.10 Å². The Labute approximate surface area is 116 Å². The summed E-state index contributed by atoms with van der Waals surface area (Å²) in [4.78, 5) is 0. The van der Waals surface area contributed by atoms with Crippen LogP contribution < -0.4 is 4.74 Å². The van der Waals surface area contributed by atoms with E-state index in [-0.39, 0.29) is 0 Å².